The van der Waals surface area contributed by atoms with Crippen LogP contribution < -0.4 is 26.0 Å². The van der Waals surface area contributed by atoms with E-state index >= 15 is 0 Å². The summed E-state index contributed by atoms with van der Waals surface area (Å²) < 4.78 is 9.74. The molecule has 0 radical (unpaired) electrons. The van der Waals surface area contributed by atoms with Gasteiger partial charge in [0.15, 0.2) is 0 Å². The number of nitrogens with zero attached hydrogens (tertiary/aromatic N) is 3. The predicted molar refractivity (Wildman–Crippen MR) is 294 cm³/mol. The highest BCUT2D eigenvalue weighted by Gasteiger charge is 2.49. The molecule has 0 spiro atoms. The van der Waals surface area contributed by atoms with Gasteiger partial charge in [-0.05, 0) is 131 Å². The minimum Gasteiger partial charge on any atom is -0.458 e. The molecule has 0 aliphatic carbocycles. The van der Waals surface area contributed by atoms with Crippen LogP contribution in [0.2, 0.25) is 0 Å². The summed E-state index contributed by atoms with van der Waals surface area (Å²) in [5.74, 6) is 3.43. The molecule has 8 aromatic rings. The van der Waals surface area contributed by atoms with E-state index in [0.717, 1.165) is 45.0 Å². The Hall–Kier alpha value is -6.33. The average molecular weight is 906 g/mol. The topological polar surface area (TPSA) is 30.3 Å². The maximum atomic E-state index is 7.28. The summed E-state index contributed by atoms with van der Waals surface area (Å²) in [5, 5.41) is 0. The van der Waals surface area contributed by atoms with Crippen molar-refractivity contribution >= 4 is 51.2 Å². The predicted octanol–water partition coefficient (Wildman–Crippen LogP) is 15.5. The molecule has 69 heavy (non-hydrogen) atoms. The van der Waals surface area contributed by atoms with Crippen LogP contribution in [-0.2, 0) is 21.7 Å². The van der Waals surface area contributed by atoms with Crippen molar-refractivity contribution in [2.45, 2.75) is 137 Å². The molecule has 3 aliphatic heterocycles. The number of para-hydroxylation sites is 1. The van der Waals surface area contributed by atoms with Gasteiger partial charge in [-0.25, -0.2) is 4.98 Å². The van der Waals surface area contributed by atoms with Crippen molar-refractivity contribution in [1.29, 1.82) is 0 Å². The fourth-order valence-corrected chi connectivity index (χ4v) is 11.6. The molecule has 11 rings (SSSR count). The highest BCUT2D eigenvalue weighted by molar-refractivity contribution is 6.99. The fourth-order valence-electron chi connectivity index (χ4n) is 11.6. The summed E-state index contributed by atoms with van der Waals surface area (Å²) in [7, 11) is 0. The first-order chi connectivity index (χ1) is 32.5. The fraction of sp³-hybridized carbons (Fsp3) is 0.328. The Bertz CT molecular complexity index is 3380. The zero-order chi connectivity index (χ0) is 48.9. The highest BCUT2D eigenvalue weighted by Crippen LogP contribution is 2.55. The third-order valence-electron chi connectivity index (χ3n) is 15.6. The van der Waals surface area contributed by atoms with E-state index in [0.29, 0.717) is 11.8 Å². The molecule has 7 aromatic carbocycles. The van der Waals surface area contributed by atoms with Crippen molar-refractivity contribution in [2.75, 3.05) is 4.90 Å². The minimum atomic E-state index is -0.265. The number of fused-ring (bicyclic) bond motifs is 7. The Kier molecular flexibility index (Phi) is 10.0. The Morgan fingerprint density at radius 1 is 0.522 bits per heavy atom. The van der Waals surface area contributed by atoms with E-state index in [4.69, 9.17) is 9.72 Å². The largest absolute Gasteiger partial charge is 0.458 e. The molecular formula is C64H68BN3O. The third kappa shape index (κ3) is 7.04. The van der Waals surface area contributed by atoms with Crippen molar-refractivity contribution < 1.29 is 4.74 Å². The van der Waals surface area contributed by atoms with Gasteiger partial charge in [0, 0.05) is 22.4 Å². The second-order valence-electron chi connectivity index (χ2n) is 24.5. The second-order valence-corrected chi connectivity index (χ2v) is 24.5. The number of anilines is 3. The first-order valence-corrected chi connectivity index (χ1v) is 25.4. The zero-order valence-corrected chi connectivity index (χ0v) is 43.6. The molecule has 0 N–H and O–H groups in total. The standard InChI is InChI=1S/C64H68BN3O/c1-37(2)45-22-19-23-46(38(3)4)58(45)68-53-30-40(24-27-51(53)66-60(68)39-20-17-16-18-21-39)41-31-54-57-56(32-41)69-55-29-26-43(62(8,9)10)35-49(55)65(57)50-36-44(63(11,12)13)34-48-59(50)67(54)52-28-25-42(61(5,6)7)33-47(52)64(48,14)15/h16-38H,1-15H3. The molecule has 1 aromatic heterocycles. The molecule has 0 atom stereocenters. The summed E-state index contributed by atoms with van der Waals surface area (Å²) in [4.78, 5) is 8.07. The first-order valence-electron chi connectivity index (χ1n) is 25.4. The number of imidazole rings is 1. The first kappa shape index (κ1) is 45.1. The molecule has 0 unspecified atom stereocenters. The molecule has 5 heteroatoms. The molecular weight excluding hydrogens is 838 g/mol. The molecule has 4 nitrogen and oxygen atoms in total. The molecule has 0 amide bonds. The summed E-state index contributed by atoms with van der Waals surface area (Å²) in [6.45, 7) is 35.1. The third-order valence-corrected chi connectivity index (χ3v) is 15.6. The average Bonchev–Trinajstić information content (AvgIpc) is 3.68. The molecule has 0 saturated heterocycles. The van der Waals surface area contributed by atoms with Crippen LogP contribution in [0.4, 0.5) is 17.1 Å². The van der Waals surface area contributed by atoms with Gasteiger partial charge in [-0.2, -0.15) is 0 Å². The molecule has 0 saturated carbocycles. The lowest BCUT2D eigenvalue weighted by atomic mass is 9.33. The van der Waals surface area contributed by atoms with Gasteiger partial charge >= 0.3 is 0 Å². The van der Waals surface area contributed by atoms with Crippen LogP contribution in [0, 0.1) is 0 Å². The van der Waals surface area contributed by atoms with Gasteiger partial charge in [0.05, 0.1) is 22.4 Å². The van der Waals surface area contributed by atoms with Crippen molar-refractivity contribution in [3.05, 3.63) is 166 Å². The lowest BCUT2D eigenvalue weighted by Gasteiger charge is -2.49. The van der Waals surface area contributed by atoms with Gasteiger partial charge in [-0.3, -0.25) is 4.57 Å². The number of ether oxygens (including phenoxy) is 1. The van der Waals surface area contributed by atoms with Gasteiger partial charge in [0.25, 0.3) is 6.71 Å². The van der Waals surface area contributed by atoms with E-state index in [1.54, 1.807) is 0 Å². The Balaban J connectivity index is 1.23. The lowest BCUT2D eigenvalue weighted by molar-refractivity contribution is 0.486. The molecule has 0 bridgehead atoms. The van der Waals surface area contributed by atoms with Gasteiger partial charge in [-0.1, -0.05) is 195 Å². The van der Waals surface area contributed by atoms with E-state index in [1.165, 1.54) is 78.1 Å². The maximum absolute atomic E-state index is 7.28. The zero-order valence-electron chi connectivity index (χ0n) is 43.6. The molecule has 0 fully saturated rings. The minimum absolute atomic E-state index is 0.00461. The number of aromatic nitrogens is 2. The van der Waals surface area contributed by atoms with Crippen LogP contribution in [0.3, 0.4) is 0 Å². The molecule has 348 valence electrons. The summed E-state index contributed by atoms with van der Waals surface area (Å²) in [6, 6.07) is 48.5. The lowest BCUT2D eigenvalue weighted by Crippen LogP contribution is -2.61. The van der Waals surface area contributed by atoms with Crippen LogP contribution >= 0.6 is 0 Å². The second kappa shape index (κ2) is 15.3. The number of benzene rings is 7. The van der Waals surface area contributed by atoms with Crippen molar-refractivity contribution in [3.63, 3.8) is 0 Å². The van der Waals surface area contributed by atoms with Crippen molar-refractivity contribution in [3.8, 4) is 39.7 Å². The van der Waals surface area contributed by atoms with Crippen molar-refractivity contribution in [1.82, 2.24) is 9.55 Å². The number of rotatable bonds is 5. The quantitative estimate of drug-likeness (QED) is 0.161. The van der Waals surface area contributed by atoms with E-state index in [2.05, 4.69) is 241 Å². The molecule has 4 heterocycles. The van der Waals surface area contributed by atoms with Gasteiger partial charge in [0.1, 0.15) is 17.3 Å². The summed E-state index contributed by atoms with van der Waals surface area (Å²) in [5.41, 5.74) is 23.2. The highest BCUT2D eigenvalue weighted by atomic mass is 16.5. The summed E-state index contributed by atoms with van der Waals surface area (Å²) >= 11 is 0. The van der Waals surface area contributed by atoms with Crippen LogP contribution in [0.15, 0.2) is 127 Å². The maximum Gasteiger partial charge on any atom is 0.256 e. The van der Waals surface area contributed by atoms with Crippen LogP contribution in [0.1, 0.15) is 155 Å². The Labute approximate surface area is 411 Å². The van der Waals surface area contributed by atoms with Gasteiger partial charge < -0.3 is 9.64 Å². The number of hydrogen-bond donors (Lipinski definition) is 0. The van der Waals surface area contributed by atoms with Gasteiger partial charge in [0.2, 0.25) is 0 Å². The van der Waals surface area contributed by atoms with Crippen LogP contribution in [0.5, 0.6) is 11.5 Å². The van der Waals surface area contributed by atoms with E-state index in [1.807, 2.05) is 0 Å². The van der Waals surface area contributed by atoms with E-state index in [9.17, 15) is 0 Å². The van der Waals surface area contributed by atoms with Crippen LogP contribution in [0.25, 0.3) is 39.2 Å². The Morgan fingerprint density at radius 3 is 1.80 bits per heavy atom. The SMILES string of the molecule is CC(C)c1cccc(C(C)C)c1-n1c(-c2ccccc2)nc2ccc(-c3cc4c5c(c3)N3c6ccc(C(C)(C)C)cc6C(C)(C)c6cc(C(C)(C)C)cc(c63)B5c3cc(C(C)(C)C)ccc3O4)cc21. The smallest absolute Gasteiger partial charge is 0.256 e. The van der Waals surface area contributed by atoms with Gasteiger partial charge in [-0.15, -0.1) is 0 Å². The van der Waals surface area contributed by atoms with E-state index < -0.39 is 0 Å². The molecule has 3 aliphatic rings. The van der Waals surface area contributed by atoms with Crippen LogP contribution in [-0.4, -0.2) is 16.3 Å². The normalized spacial score (nSPS) is 14.7. The Morgan fingerprint density at radius 2 is 1.14 bits per heavy atom. The summed E-state index contributed by atoms with van der Waals surface area (Å²) in [6.07, 6.45) is 0. The number of hydrogen-bond acceptors (Lipinski definition) is 3. The van der Waals surface area contributed by atoms with E-state index in [-0.39, 0.29) is 28.4 Å². The monoisotopic (exact) mass is 906 g/mol. The van der Waals surface area contributed by atoms with Crippen molar-refractivity contribution in [2.24, 2.45) is 0 Å².